The Balaban J connectivity index is 1.89. The molecule has 0 aliphatic carbocycles. The van der Waals surface area contributed by atoms with E-state index in [4.69, 9.17) is 9.94 Å². The summed E-state index contributed by atoms with van der Waals surface area (Å²) in [6.07, 6.45) is -0.364. The normalized spacial score (nSPS) is 17.6. The van der Waals surface area contributed by atoms with Gasteiger partial charge in [0.15, 0.2) is 5.78 Å². The average Bonchev–Trinajstić information content (AvgIpc) is 2.46. The number of rotatable bonds is 2. The molecule has 1 aromatic carbocycles. The Bertz CT molecular complexity index is 499. The van der Waals surface area contributed by atoms with Crippen molar-refractivity contribution in [1.82, 2.24) is 4.90 Å². The van der Waals surface area contributed by atoms with Crippen LogP contribution in [0.1, 0.15) is 12.0 Å². The summed E-state index contributed by atoms with van der Waals surface area (Å²) >= 11 is 0. The number of hydrogen-bond donors (Lipinski definition) is 1. The first-order valence-corrected chi connectivity index (χ1v) is 5.90. The van der Waals surface area contributed by atoms with Crippen LogP contribution in [0.5, 0.6) is 0 Å². The molecule has 0 radical (unpaired) electrons. The van der Waals surface area contributed by atoms with Crippen LogP contribution in [0, 0.1) is 0 Å². The van der Waals surface area contributed by atoms with Crippen LogP contribution < -0.4 is 0 Å². The van der Waals surface area contributed by atoms with Crippen molar-refractivity contribution >= 4 is 17.6 Å². The summed E-state index contributed by atoms with van der Waals surface area (Å²) in [6.45, 7) is 0.449. The molecule has 1 aliphatic rings. The van der Waals surface area contributed by atoms with Gasteiger partial charge in [-0.05, 0) is 5.56 Å². The van der Waals surface area contributed by atoms with Crippen LogP contribution >= 0.6 is 0 Å². The van der Waals surface area contributed by atoms with Crippen LogP contribution in [0.25, 0.3) is 0 Å². The fourth-order valence-corrected chi connectivity index (χ4v) is 1.78. The quantitative estimate of drug-likeness (QED) is 0.646. The van der Waals surface area contributed by atoms with E-state index >= 15 is 0 Å². The molecule has 1 fully saturated rings. The Morgan fingerprint density at radius 3 is 2.79 bits per heavy atom. The maximum absolute atomic E-state index is 11.8. The van der Waals surface area contributed by atoms with Gasteiger partial charge in [0.2, 0.25) is 0 Å². The number of amides is 1. The van der Waals surface area contributed by atoms with E-state index in [2.05, 4.69) is 5.16 Å². The molecule has 1 N–H and O–H groups in total. The number of Topliss-reactive ketones (excluding diaryl/α,β-unsaturated/α-hetero) is 1. The van der Waals surface area contributed by atoms with Crippen molar-refractivity contribution in [3.63, 3.8) is 0 Å². The van der Waals surface area contributed by atoms with Crippen molar-refractivity contribution < 1.29 is 19.5 Å². The molecule has 0 aromatic heterocycles. The predicted molar refractivity (Wildman–Crippen MR) is 67.0 cm³/mol. The lowest BCUT2D eigenvalue weighted by Gasteiger charge is -2.25. The summed E-state index contributed by atoms with van der Waals surface area (Å²) in [4.78, 5) is 24.4. The third-order valence-corrected chi connectivity index (χ3v) is 2.86. The lowest BCUT2D eigenvalue weighted by molar-refractivity contribution is -0.114. The second-order valence-corrected chi connectivity index (χ2v) is 4.18. The molecule has 1 saturated heterocycles. The average molecular weight is 262 g/mol. The zero-order valence-corrected chi connectivity index (χ0v) is 10.3. The van der Waals surface area contributed by atoms with E-state index in [-0.39, 0.29) is 37.6 Å². The number of carbonyl (C=O) groups is 2. The molecule has 0 saturated carbocycles. The second kappa shape index (κ2) is 5.99. The number of nitrogens with zero attached hydrogens (tertiary/aromatic N) is 2. The summed E-state index contributed by atoms with van der Waals surface area (Å²) in [7, 11) is 0. The third kappa shape index (κ3) is 3.31. The minimum atomic E-state index is -0.516. The van der Waals surface area contributed by atoms with Crippen LogP contribution in [0.3, 0.4) is 0 Å². The molecule has 0 bridgehead atoms. The Morgan fingerprint density at radius 1 is 1.37 bits per heavy atom. The van der Waals surface area contributed by atoms with Crippen LogP contribution in [-0.2, 0) is 16.1 Å². The first-order chi connectivity index (χ1) is 9.20. The maximum Gasteiger partial charge on any atom is 0.410 e. The van der Waals surface area contributed by atoms with Gasteiger partial charge in [-0.25, -0.2) is 4.79 Å². The van der Waals surface area contributed by atoms with E-state index in [1.54, 1.807) is 0 Å². The highest BCUT2D eigenvalue weighted by molar-refractivity contribution is 6.41. The number of oxime groups is 1. The van der Waals surface area contributed by atoms with Crippen LogP contribution in [0.2, 0.25) is 0 Å². The highest BCUT2D eigenvalue weighted by Gasteiger charge is 2.27. The van der Waals surface area contributed by atoms with Crippen molar-refractivity contribution in [2.45, 2.75) is 13.0 Å². The summed E-state index contributed by atoms with van der Waals surface area (Å²) in [5, 5.41) is 11.6. The van der Waals surface area contributed by atoms with E-state index in [0.29, 0.717) is 0 Å². The zero-order valence-electron chi connectivity index (χ0n) is 10.3. The number of piperidine rings is 1. The molecule has 0 unspecified atom stereocenters. The molecule has 6 heteroatoms. The zero-order chi connectivity index (χ0) is 13.7. The van der Waals surface area contributed by atoms with Crippen molar-refractivity contribution in [3.05, 3.63) is 35.9 Å². The fraction of sp³-hybridized carbons (Fsp3) is 0.308. The minimum absolute atomic E-state index is 0.0110. The molecule has 2 rings (SSSR count). The lowest BCUT2D eigenvalue weighted by atomic mass is 10.1. The monoisotopic (exact) mass is 262 g/mol. The first kappa shape index (κ1) is 13.1. The van der Waals surface area contributed by atoms with Crippen LogP contribution in [-0.4, -0.2) is 40.8 Å². The molecule has 1 aromatic rings. The standard InChI is InChI=1S/C13H14N2O4/c16-12-6-7-15(8-11(12)14-18)13(17)19-9-10-4-2-1-3-5-10/h1-5,18H,6-9H2. The van der Waals surface area contributed by atoms with Crippen molar-refractivity contribution in [2.24, 2.45) is 5.16 Å². The van der Waals surface area contributed by atoms with E-state index < -0.39 is 6.09 Å². The van der Waals surface area contributed by atoms with Gasteiger partial charge in [0.05, 0.1) is 6.54 Å². The maximum atomic E-state index is 11.8. The lowest BCUT2D eigenvalue weighted by Crippen LogP contribution is -2.44. The molecule has 19 heavy (non-hydrogen) atoms. The highest BCUT2D eigenvalue weighted by Crippen LogP contribution is 2.08. The van der Waals surface area contributed by atoms with E-state index in [1.807, 2.05) is 30.3 Å². The third-order valence-electron chi connectivity index (χ3n) is 2.86. The van der Waals surface area contributed by atoms with Crippen LogP contribution in [0.4, 0.5) is 4.79 Å². The smallest absolute Gasteiger partial charge is 0.410 e. The molecule has 1 amide bonds. The number of benzene rings is 1. The van der Waals surface area contributed by atoms with Gasteiger partial charge in [0, 0.05) is 13.0 Å². The van der Waals surface area contributed by atoms with Gasteiger partial charge in [-0.15, -0.1) is 0 Å². The Kier molecular flexibility index (Phi) is 4.12. The molecule has 0 spiro atoms. The van der Waals surface area contributed by atoms with Gasteiger partial charge in [-0.2, -0.15) is 0 Å². The van der Waals surface area contributed by atoms with E-state index in [9.17, 15) is 9.59 Å². The largest absolute Gasteiger partial charge is 0.445 e. The first-order valence-electron chi connectivity index (χ1n) is 5.90. The van der Waals surface area contributed by atoms with Gasteiger partial charge >= 0.3 is 6.09 Å². The number of carbonyl (C=O) groups excluding carboxylic acids is 2. The Morgan fingerprint density at radius 2 is 2.11 bits per heavy atom. The molecule has 1 heterocycles. The fourth-order valence-electron chi connectivity index (χ4n) is 1.78. The van der Waals surface area contributed by atoms with E-state index in [0.717, 1.165) is 5.56 Å². The van der Waals surface area contributed by atoms with Crippen molar-refractivity contribution in [3.8, 4) is 0 Å². The number of ether oxygens (including phenoxy) is 1. The van der Waals surface area contributed by atoms with Gasteiger partial charge < -0.3 is 14.8 Å². The second-order valence-electron chi connectivity index (χ2n) is 4.18. The SMILES string of the molecule is O=C1CCN(C(=O)OCc2ccccc2)CC1=NO. The summed E-state index contributed by atoms with van der Waals surface area (Å²) in [5.74, 6) is -0.241. The van der Waals surface area contributed by atoms with Crippen molar-refractivity contribution in [2.75, 3.05) is 13.1 Å². The molecular weight excluding hydrogens is 248 g/mol. The predicted octanol–water partition coefficient (Wildman–Crippen LogP) is 1.43. The Labute approximate surface area is 110 Å². The molecule has 100 valence electrons. The van der Waals surface area contributed by atoms with Crippen LogP contribution in [0.15, 0.2) is 35.5 Å². The van der Waals surface area contributed by atoms with Gasteiger partial charge in [0.1, 0.15) is 12.3 Å². The number of hydrogen-bond acceptors (Lipinski definition) is 5. The highest BCUT2D eigenvalue weighted by atomic mass is 16.6. The summed E-state index contributed by atoms with van der Waals surface area (Å²) in [6, 6.07) is 9.31. The molecular formula is C13H14N2O4. The van der Waals surface area contributed by atoms with Gasteiger partial charge in [0.25, 0.3) is 0 Å². The van der Waals surface area contributed by atoms with E-state index in [1.165, 1.54) is 4.90 Å². The molecule has 0 atom stereocenters. The van der Waals surface area contributed by atoms with Gasteiger partial charge in [-0.1, -0.05) is 35.5 Å². The molecule has 1 aliphatic heterocycles. The summed E-state index contributed by atoms with van der Waals surface area (Å²) < 4.78 is 5.13. The van der Waals surface area contributed by atoms with Gasteiger partial charge in [-0.3, -0.25) is 4.79 Å². The molecule has 6 nitrogen and oxygen atoms in total. The van der Waals surface area contributed by atoms with Crippen molar-refractivity contribution in [1.29, 1.82) is 0 Å². The Hall–Kier alpha value is -2.37. The topological polar surface area (TPSA) is 79.2 Å². The summed E-state index contributed by atoms with van der Waals surface area (Å²) in [5.41, 5.74) is 0.878. The minimum Gasteiger partial charge on any atom is -0.445 e. The number of ketones is 1. The number of likely N-dealkylation sites (tertiary alicyclic amines) is 1.